The molecule has 2 aliphatic heterocycles. The van der Waals surface area contributed by atoms with Crippen LogP contribution in [0.4, 0.5) is 11.8 Å². The van der Waals surface area contributed by atoms with Crippen LogP contribution in [0.5, 0.6) is 5.75 Å². The fourth-order valence-electron chi connectivity index (χ4n) is 4.73. The Kier molecular flexibility index (Phi) is 4.56. The number of hydrogen-bond acceptors (Lipinski definition) is 9. The van der Waals surface area contributed by atoms with Crippen LogP contribution in [0.2, 0.25) is 5.02 Å². The van der Waals surface area contributed by atoms with Gasteiger partial charge in [-0.25, -0.2) is 23.0 Å². The quantitative estimate of drug-likeness (QED) is 0.587. The highest BCUT2D eigenvalue weighted by molar-refractivity contribution is 7.92. The van der Waals surface area contributed by atoms with Crippen molar-refractivity contribution < 1.29 is 17.9 Å². The molecule has 2 aromatic heterocycles. The number of halogens is 1. The standard InChI is InChI=1S/C21H23ClN6O4S/c1-23-19-24-14-4-3-12(22)9-15(14)28(19)20-25-17(21(5-6-21)33(2,29)30)16-18(26-20)27-7-8-31-10-13(27)11-32-16/h3-4,9,13H,5-8,10-11H2,1-2H3,(H,23,24)/t13-/m0/s1. The summed E-state index contributed by atoms with van der Waals surface area (Å²) in [7, 11) is -1.67. The van der Waals surface area contributed by atoms with Gasteiger partial charge in [0.15, 0.2) is 21.4 Å². The summed E-state index contributed by atoms with van der Waals surface area (Å²) in [6, 6.07) is 5.40. The Balaban J connectivity index is 1.65. The number of hydrogen-bond donors (Lipinski definition) is 1. The molecule has 4 heterocycles. The van der Waals surface area contributed by atoms with Crippen LogP contribution < -0.4 is 15.0 Å². The van der Waals surface area contributed by atoms with Gasteiger partial charge in [0.2, 0.25) is 11.9 Å². The molecule has 0 radical (unpaired) electrons. The minimum Gasteiger partial charge on any atom is -0.486 e. The van der Waals surface area contributed by atoms with Gasteiger partial charge in [0.25, 0.3) is 0 Å². The number of nitrogens with zero attached hydrogens (tertiary/aromatic N) is 5. The van der Waals surface area contributed by atoms with Gasteiger partial charge in [-0.3, -0.25) is 0 Å². The second-order valence-corrected chi connectivity index (χ2v) is 11.4. The molecule has 2 fully saturated rings. The predicted octanol–water partition coefficient (Wildman–Crippen LogP) is 2.14. The number of rotatable bonds is 4. The lowest BCUT2D eigenvalue weighted by Crippen LogP contribution is -2.52. The molecular formula is C21H23ClN6O4S. The topological polar surface area (TPSA) is 111 Å². The van der Waals surface area contributed by atoms with E-state index >= 15 is 0 Å². The van der Waals surface area contributed by atoms with E-state index in [9.17, 15) is 8.42 Å². The van der Waals surface area contributed by atoms with E-state index in [1.807, 2.05) is 6.07 Å². The summed E-state index contributed by atoms with van der Waals surface area (Å²) in [6.45, 7) is 2.12. The molecule has 3 aliphatic rings. The van der Waals surface area contributed by atoms with Crippen LogP contribution in [0.1, 0.15) is 18.5 Å². The molecule has 12 heteroatoms. The molecule has 3 aromatic rings. The molecule has 1 aromatic carbocycles. The van der Waals surface area contributed by atoms with Gasteiger partial charge in [-0.15, -0.1) is 0 Å². The highest BCUT2D eigenvalue weighted by Crippen LogP contribution is 2.56. The number of sulfone groups is 1. The highest BCUT2D eigenvalue weighted by Gasteiger charge is 2.58. The van der Waals surface area contributed by atoms with Crippen LogP contribution in [0, 0.1) is 0 Å². The van der Waals surface area contributed by atoms with Crippen molar-refractivity contribution in [3.8, 4) is 11.7 Å². The molecule has 0 bridgehead atoms. The molecule has 0 amide bonds. The number of fused-ring (bicyclic) bond motifs is 4. The monoisotopic (exact) mass is 490 g/mol. The first-order valence-corrected chi connectivity index (χ1v) is 13.0. The molecule has 1 saturated heterocycles. The fourth-order valence-corrected chi connectivity index (χ4v) is 6.23. The van der Waals surface area contributed by atoms with Crippen molar-refractivity contribution in [1.82, 2.24) is 19.5 Å². The van der Waals surface area contributed by atoms with Crippen LogP contribution >= 0.6 is 11.6 Å². The lowest BCUT2D eigenvalue weighted by Gasteiger charge is -2.41. The number of benzene rings is 1. The van der Waals surface area contributed by atoms with Crippen molar-refractivity contribution in [3.05, 3.63) is 28.9 Å². The first-order chi connectivity index (χ1) is 15.8. The zero-order chi connectivity index (χ0) is 23.0. The lowest BCUT2D eigenvalue weighted by atomic mass is 10.1. The Morgan fingerprint density at radius 2 is 2.03 bits per heavy atom. The Labute approximate surface area is 195 Å². The Hall–Kier alpha value is -2.63. The van der Waals surface area contributed by atoms with Crippen LogP contribution in [0.15, 0.2) is 18.2 Å². The van der Waals surface area contributed by atoms with Gasteiger partial charge >= 0.3 is 0 Å². The second kappa shape index (κ2) is 7.18. The molecule has 1 atom stereocenters. The van der Waals surface area contributed by atoms with Gasteiger partial charge in [-0.2, -0.15) is 4.98 Å². The largest absolute Gasteiger partial charge is 0.486 e. The third kappa shape index (κ3) is 3.09. The van der Waals surface area contributed by atoms with E-state index in [-0.39, 0.29) is 6.04 Å². The van der Waals surface area contributed by atoms with Crippen molar-refractivity contribution in [1.29, 1.82) is 0 Å². The summed E-state index contributed by atoms with van der Waals surface area (Å²) >= 11 is 6.29. The predicted molar refractivity (Wildman–Crippen MR) is 124 cm³/mol. The van der Waals surface area contributed by atoms with Crippen molar-refractivity contribution >= 4 is 44.2 Å². The molecule has 1 aliphatic carbocycles. The van der Waals surface area contributed by atoms with Gasteiger partial charge in [0, 0.05) is 24.9 Å². The number of aromatic nitrogens is 4. The Morgan fingerprint density at radius 1 is 1.21 bits per heavy atom. The molecule has 1 saturated carbocycles. The van der Waals surface area contributed by atoms with Crippen LogP contribution in [-0.4, -0.2) is 73.6 Å². The highest BCUT2D eigenvalue weighted by atomic mass is 35.5. The summed E-state index contributed by atoms with van der Waals surface area (Å²) < 4.78 is 38.2. The molecule has 1 N–H and O–H groups in total. The van der Waals surface area contributed by atoms with Crippen molar-refractivity contribution in [2.24, 2.45) is 0 Å². The van der Waals surface area contributed by atoms with Crippen molar-refractivity contribution in [2.75, 3.05) is 49.9 Å². The molecular weight excluding hydrogens is 468 g/mol. The maximum Gasteiger partial charge on any atom is 0.239 e. The van der Waals surface area contributed by atoms with E-state index in [4.69, 9.17) is 31.0 Å². The number of imidazole rings is 1. The number of morpholine rings is 1. The van der Waals surface area contributed by atoms with Crippen LogP contribution in [0.3, 0.4) is 0 Å². The van der Waals surface area contributed by atoms with E-state index in [0.717, 1.165) is 11.0 Å². The molecule has 0 spiro atoms. The zero-order valence-corrected chi connectivity index (χ0v) is 19.8. The number of ether oxygens (including phenoxy) is 2. The van der Waals surface area contributed by atoms with Crippen molar-refractivity contribution in [2.45, 2.75) is 23.6 Å². The van der Waals surface area contributed by atoms with Crippen LogP contribution in [0.25, 0.3) is 17.0 Å². The van der Waals surface area contributed by atoms with E-state index < -0.39 is 14.6 Å². The minimum atomic E-state index is -3.43. The molecule has 33 heavy (non-hydrogen) atoms. The Bertz CT molecular complexity index is 1390. The van der Waals surface area contributed by atoms with Gasteiger partial charge in [-0.05, 0) is 31.0 Å². The zero-order valence-electron chi connectivity index (χ0n) is 18.2. The summed E-state index contributed by atoms with van der Waals surface area (Å²) in [5.41, 5.74) is 1.86. The fraction of sp³-hybridized carbons (Fsp3) is 0.476. The van der Waals surface area contributed by atoms with E-state index in [1.165, 1.54) is 6.26 Å². The third-order valence-electron chi connectivity index (χ3n) is 6.64. The number of nitrogens with one attached hydrogen (secondary N) is 1. The maximum absolute atomic E-state index is 12.9. The SMILES string of the molecule is CNc1nc2ccc(Cl)cc2n1-c1nc2c(c(C3(S(C)(=O)=O)CC3)n1)OC[C@@H]1COCCN21. The molecule has 174 valence electrons. The van der Waals surface area contributed by atoms with E-state index in [1.54, 1.807) is 23.7 Å². The maximum atomic E-state index is 12.9. The second-order valence-electron chi connectivity index (χ2n) is 8.68. The Morgan fingerprint density at radius 3 is 2.76 bits per heavy atom. The lowest BCUT2D eigenvalue weighted by molar-refractivity contribution is 0.0692. The summed E-state index contributed by atoms with van der Waals surface area (Å²) in [6.07, 6.45) is 2.26. The van der Waals surface area contributed by atoms with Gasteiger partial charge in [0.05, 0.1) is 30.3 Å². The first kappa shape index (κ1) is 20.9. The summed E-state index contributed by atoms with van der Waals surface area (Å²) in [4.78, 5) is 16.5. The molecule has 0 unspecified atom stereocenters. The molecule has 10 nitrogen and oxygen atoms in total. The third-order valence-corrected chi connectivity index (χ3v) is 8.90. The average molecular weight is 491 g/mol. The van der Waals surface area contributed by atoms with Gasteiger partial charge < -0.3 is 19.7 Å². The van der Waals surface area contributed by atoms with Gasteiger partial charge in [0.1, 0.15) is 17.0 Å². The molecule has 6 rings (SSSR count). The van der Waals surface area contributed by atoms with Crippen molar-refractivity contribution in [3.63, 3.8) is 0 Å². The average Bonchev–Trinajstić information content (AvgIpc) is 3.54. The first-order valence-electron chi connectivity index (χ1n) is 10.8. The van der Waals surface area contributed by atoms with Gasteiger partial charge in [-0.1, -0.05) is 11.6 Å². The van der Waals surface area contributed by atoms with E-state index in [0.29, 0.717) is 73.4 Å². The normalized spacial score (nSPS) is 21.3. The minimum absolute atomic E-state index is 0.00739. The summed E-state index contributed by atoms with van der Waals surface area (Å²) in [5.74, 6) is 1.89. The number of anilines is 2. The van der Waals surface area contributed by atoms with Crippen LogP contribution in [-0.2, 0) is 19.3 Å². The van der Waals surface area contributed by atoms with E-state index in [2.05, 4.69) is 15.2 Å². The summed E-state index contributed by atoms with van der Waals surface area (Å²) in [5, 5.41) is 3.64. The smallest absolute Gasteiger partial charge is 0.239 e.